The van der Waals surface area contributed by atoms with Crippen LogP contribution in [0.1, 0.15) is 44.6 Å². The van der Waals surface area contributed by atoms with Gasteiger partial charge in [0.15, 0.2) is 0 Å². The first-order valence-electron chi connectivity index (χ1n) is 35.2. The third-order valence-corrected chi connectivity index (χ3v) is 16.6. The minimum absolute atomic E-state index is 0.192. The van der Waals surface area contributed by atoms with Crippen LogP contribution in [-0.2, 0) is 0 Å². The molecule has 0 aliphatic rings. The van der Waals surface area contributed by atoms with Gasteiger partial charge >= 0.3 is 0 Å². The first-order valence-corrected chi connectivity index (χ1v) is 35.2. The lowest BCUT2D eigenvalue weighted by atomic mass is 10.0. The highest BCUT2D eigenvalue weighted by Crippen LogP contribution is 2.26. The number of halogens is 2. The Hall–Kier alpha value is -13.0. The number of aryl methyl sites for hydroxylation is 8. The molecule has 8 heteroatoms. The van der Waals surface area contributed by atoms with Crippen LogP contribution in [0.5, 0.6) is 0 Å². The molecule has 6 aromatic heterocycles. The molecule has 106 heavy (non-hydrogen) atoms. The summed E-state index contributed by atoms with van der Waals surface area (Å²) in [5, 5.41) is 0. The molecule has 0 fully saturated rings. The second kappa shape index (κ2) is 41.8. The van der Waals surface area contributed by atoms with Crippen LogP contribution in [0, 0.1) is 67.0 Å². The maximum absolute atomic E-state index is 12.9. The summed E-state index contributed by atoms with van der Waals surface area (Å²) in [6, 6.07) is 112. The van der Waals surface area contributed by atoms with E-state index in [1.807, 2.05) is 197 Å². The molecule has 0 saturated heterocycles. The molecule has 0 spiro atoms. The second-order valence-corrected chi connectivity index (χ2v) is 25.2. The van der Waals surface area contributed by atoms with Gasteiger partial charge in [-0.25, -0.2) is 8.78 Å². The number of hydrogen-bond acceptors (Lipinski definition) is 6. The SMILES string of the molecule is Cc1ccc(-c2ccc(F)cc2)cc1.Cc1ccc(-c2cccc(F)c2)cc1.Cc1ccc(-c2ccccc2)nc1.Cc1ccc(-c2cccnc2)cc1.Cc1ccc(-c2cccnc2)cc1.Cc1cccc(-c2ccccc2)n1.Cc1ccccc1-c1cccnc1.Cc1ccnc(-c2ccccc2)c1. The zero-order chi connectivity index (χ0) is 74.5. The summed E-state index contributed by atoms with van der Waals surface area (Å²) in [7, 11) is 0. The summed E-state index contributed by atoms with van der Waals surface area (Å²) < 4.78 is 25.6. The number of pyridine rings is 6. The summed E-state index contributed by atoms with van der Waals surface area (Å²) in [5.41, 5.74) is 27.8. The van der Waals surface area contributed by atoms with Gasteiger partial charge in [0.1, 0.15) is 11.6 Å². The molecule has 0 N–H and O–H groups in total. The van der Waals surface area contributed by atoms with Gasteiger partial charge in [-0.1, -0.05) is 289 Å². The predicted octanol–water partition coefficient (Wildman–Crippen LogP) is 25.9. The summed E-state index contributed by atoms with van der Waals surface area (Å²) >= 11 is 0. The molecule has 0 radical (unpaired) electrons. The van der Waals surface area contributed by atoms with Crippen molar-refractivity contribution in [2.75, 3.05) is 0 Å². The van der Waals surface area contributed by atoms with Crippen LogP contribution in [0.3, 0.4) is 0 Å². The molecular weight excluding hydrogens is 1300 g/mol. The van der Waals surface area contributed by atoms with E-state index in [0.29, 0.717) is 0 Å². The molecule has 6 heterocycles. The molecule has 0 amide bonds. The van der Waals surface area contributed by atoms with Crippen LogP contribution in [0.15, 0.2) is 389 Å². The van der Waals surface area contributed by atoms with E-state index in [0.717, 1.165) is 45.0 Å². The predicted molar refractivity (Wildman–Crippen MR) is 440 cm³/mol. The molecule has 0 unspecified atom stereocenters. The highest BCUT2D eigenvalue weighted by atomic mass is 19.1. The summed E-state index contributed by atoms with van der Waals surface area (Å²) in [5.74, 6) is -0.385. The largest absolute Gasteiger partial charge is 0.264 e. The van der Waals surface area contributed by atoms with Crippen LogP contribution >= 0.6 is 0 Å². The van der Waals surface area contributed by atoms with E-state index in [4.69, 9.17) is 0 Å². The van der Waals surface area contributed by atoms with Crippen molar-refractivity contribution in [3.05, 3.63) is 446 Å². The van der Waals surface area contributed by atoms with Crippen molar-refractivity contribution in [2.24, 2.45) is 0 Å². The normalized spacial score (nSPS) is 9.98. The van der Waals surface area contributed by atoms with E-state index in [-0.39, 0.29) is 11.6 Å². The van der Waals surface area contributed by atoms with Crippen LogP contribution in [-0.4, -0.2) is 29.9 Å². The lowest BCUT2D eigenvalue weighted by molar-refractivity contribution is 0.627. The average Bonchev–Trinajstić information content (AvgIpc) is 0.982. The Labute approximate surface area is 625 Å². The molecule has 0 atom stereocenters. The van der Waals surface area contributed by atoms with Crippen LogP contribution in [0.25, 0.3) is 89.4 Å². The maximum Gasteiger partial charge on any atom is 0.123 e. The smallest absolute Gasteiger partial charge is 0.123 e. The van der Waals surface area contributed by atoms with Crippen molar-refractivity contribution in [3.8, 4) is 89.4 Å². The lowest BCUT2D eigenvalue weighted by Crippen LogP contribution is -1.84. The summed E-state index contributed by atoms with van der Waals surface area (Å²) in [6.45, 7) is 16.5. The fourth-order valence-electron chi connectivity index (χ4n) is 10.6. The monoisotopic (exact) mass is 1390 g/mol. The number of nitrogens with zero attached hydrogens (tertiary/aromatic N) is 6. The van der Waals surface area contributed by atoms with Crippen LogP contribution < -0.4 is 0 Å². The van der Waals surface area contributed by atoms with E-state index < -0.39 is 0 Å². The quantitative estimate of drug-likeness (QED) is 0.151. The molecule has 6 nitrogen and oxygen atoms in total. The second-order valence-electron chi connectivity index (χ2n) is 25.2. The average molecular weight is 1390 g/mol. The standard InChI is InChI=1S/2C13H11F.6C12H11N/c1-10-2-4-11(5-3-10)12-6-8-13(14)9-7-12;1-10-5-7-11(8-6-10)12-3-2-4-13(14)9-12;2*1-10-4-6-11(7-5-10)12-3-2-8-13-9-12;1-10-5-2-3-7-12(10)11-6-4-8-13-9-11;1-10-6-5-9-12(13-10)11-7-3-2-4-8-11;1-10-7-8-13-12(9-10)11-5-3-2-4-6-11;1-10-7-8-12(13-9-10)11-5-3-2-4-6-11/h2*2-9H,1H3;6*2-9H,1H3. The summed E-state index contributed by atoms with van der Waals surface area (Å²) in [4.78, 5) is 25.4. The van der Waals surface area contributed by atoms with Gasteiger partial charge in [0.2, 0.25) is 0 Å². The third kappa shape index (κ3) is 26.1. The highest BCUT2D eigenvalue weighted by molar-refractivity contribution is 5.68. The Morgan fingerprint density at radius 2 is 0.594 bits per heavy atom. The number of rotatable bonds is 8. The molecule has 10 aromatic carbocycles. The van der Waals surface area contributed by atoms with Crippen molar-refractivity contribution in [1.29, 1.82) is 0 Å². The van der Waals surface area contributed by atoms with Crippen molar-refractivity contribution in [1.82, 2.24) is 29.9 Å². The Kier molecular flexibility index (Phi) is 30.4. The van der Waals surface area contributed by atoms with E-state index in [1.165, 1.54) is 107 Å². The number of aromatic nitrogens is 6. The van der Waals surface area contributed by atoms with E-state index in [9.17, 15) is 8.78 Å². The molecular formula is C98H88F2N6. The van der Waals surface area contributed by atoms with Crippen molar-refractivity contribution in [2.45, 2.75) is 55.4 Å². The van der Waals surface area contributed by atoms with E-state index >= 15 is 0 Å². The van der Waals surface area contributed by atoms with Gasteiger partial charge in [0, 0.05) is 77.5 Å². The van der Waals surface area contributed by atoms with Gasteiger partial charge in [0.25, 0.3) is 0 Å². The number of hydrogen-bond donors (Lipinski definition) is 0. The lowest BCUT2D eigenvalue weighted by Gasteiger charge is -2.03. The minimum atomic E-state index is -0.194. The molecule has 0 aliphatic carbocycles. The Morgan fingerprint density at radius 1 is 0.208 bits per heavy atom. The van der Waals surface area contributed by atoms with Gasteiger partial charge in [-0.2, -0.15) is 0 Å². The first kappa shape index (κ1) is 77.1. The van der Waals surface area contributed by atoms with Crippen LogP contribution in [0.2, 0.25) is 0 Å². The summed E-state index contributed by atoms with van der Waals surface area (Å²) in [6.07, 6.45) is 14.8. The van der Waals surface area contributed by atoms with Crippen molar-refractivity contribution < 1.29 is 8.78 Å². The highest BCUT2D eigenvalue weighted by Gasteiger charge is 2.04. The van der Waals surface area contributed by atoms with Gasteiger partial charge in [-0.15, -0.1) is 0 Å². The Bertz CT molecular complexity index is 4820. The Morgan fingerprint density at radius 3 is 1.02 bits per heavy atom. The van der Waals surface area contributed by atoms with E-state index in [2.05, 4.69) is 216 Å². The maximum atomic E-state index is 12.9. The molecule has 16 aromatic rings. The molecule has 0 saturated carbocycles. The van der Waals surface area contributed by atoms with Gasteiger partial charge in [-0.3, -0.25) is 29.9 Å². The Balaban J connectivity index is 0.000000140. The third-order valence-electron chi connectivity index (χ3n) is 16.6. The molecule has 0 aliphatic heterocycles. The minimum Gasteiger partial charge on any atom is -0.264 e. The molecule has 524 valence electrons. The topological polar surface area (TPSA) is 77.3 Å². The molecule has 0 bridgehead atoms. The van der Waals surface area contributed by atoms with Crippen LogP contribution in [0.4, 0.5) is 8.78 Å². The van der Waals surface area contributed by atoms with E-state index in [1.54, 1.807) is 42.9 Å². The fourth-order valence-corrected chi connectivity index (χ4v) is 10.6. The first-order chi connectivity index (χ1) is 51.7. The van der Waals surface area contributed by atoms with Gasteiger partial charge < -0.3 is 0 Å². The van der Waals surface area contributed by atoms with Gasteiger partial charge in [-0.05, 0) is 195 Å². The van der Waals surface area contributed by atoms with Crippen molar-refractivity contribution in [3.63, 3.8) is 0 Å². The zero-order valence-corrected chi connectivity index (χ0v) is 61.4. The zero-order valence-electron chi connectivity index (χ0n) is 61.4. The van der Waals surface area contributed by atoms with Gasteiger partial charge in [0.05, 0.1) is 17.1 Å². The van der Waals surface area contributed by atoms with Crippen molar-refractivity contribution >= 4 is 0 Å². The number of benzene rings is 10. The molecule has 16 rings (SSSR count). The fraction of sp³-hybridized carbons (Fsp3) is 0.0816.